The molecule has 1 atom stereocenters. The zero-order chi connectivity index (χ0) is 10.8. The van der Waals surface area contributed by atoms with Crippen LogP contribution in [0.4, 0.5) is 0 Å². The lowest BCUT2D eigenvalue weighted by atomic mass is 10.1. The fourth-order valence-electron chi connectivity index (χ4n) is 1.39. The molecule has 1 aromatic heterocycles. The van der Waals surface area contributed by atoms with Crippen LogP contribution in [0.2, 0.25) is 5.22 Å². The van der Waals surface area contributed by atoms with Crippen LogP contribution >= 0.6 is 11.6 Å². The minimum atomic E-state index is -0.752. The minimum absolute atomic E-state index is 0.288. The summed E-state index contributed by atoms with van der Waals surface area (Å²) in [7, 11) is 0. The lowest BCUT2D eigenvalue weighted by molar-refractivity contribution is 0.189. The van der Waals surface area contributed by atoms with Crippen LogP contribution in [0.3, 0.4) is 0 Å². The highest BCUT2D eigenvalue weighted by Gasteiger charge is 2.13. The summed E-state index contributed by atoms with van der Waals surface area (Å²) in [5.41, 5.74) is 1.95. The van der Waals surface area contributed by atoms with E-state index in [0.29, 0.717) is 5.76 Å². The van der Waals surface area contributed by atoms with Gasteiger partial charge in [-0.1, -0.05) is 29.8 Å². The first-order chi connectivity index (χ1) is 7.16. The Bertz CT molecular complexity index is 445. The summed E-state index contributed by atoms with van der Waals surface area (Å²) in [6, 6.07) is 10.9. The van der Waals surface area contributed by atoms with Gasteiger partial charge in [0.2, 0.25) is 0 Å². The molecule has 0 bridgehead atoms. The number of benzene rings is 1. The Hall–Kier alpha value is -1.25. The van der Waals surface area contributed by atoms with Gasteiger partial charge in [0.1, 0.15) is 11.9 Å². The number of aliphatic hydroxyl groups excluding tert-OH is 1. The lowest BCUT2D eigenvalue weighted by Crippen LogP contribution is -1.97. The molecule has 15 heavy (non-hydrogen) atoms. The Labute approximate surface area is 93.1 Å². The van der Waals surface area contributed by atoms with Crippen LogP contribution in [0, 0.1) is 6.92 Å². The third-order valence-corrected chi connectivity index (χ3v) is 2.46. The van der Waals surface area contributed by atoms with Crippen molar-refractivity contribution < 1.29 is 9.52 Å². The predicted octanol–water partition coefficient (Wildman–Crippen LogP) is 3.32. The van der Waals surface area contributed by atoms with E-state index in [-0.39, 0.29) is 5.22 Å². The quantitative estimate of drug-likeness (QED) is 0.846. The van der Waals surface area contributed by atoms with Crippen molar-refractivity contribution in [3.63, 3.8) is 0 Å². The van der Waals surface area contributed by atoms with Gasteiger partial charge in [-0.25, -0.2) is 0 Å². The topological polar surface area (TPSA) is 33.4 Å². The van der Waals surface area contributed by atoms with Gasteiger partial charge >= 0.3 is 0 Å². The summed E-state index contributed by atoms with van der Waals surface area (Å²) in [5.74, 6) is 0.462. The van der Waals surface area contributed by atoms with Crippen molar-refractivity contribution >= 4 is 11.6 Å². The number of hydrogen-bond donors (Lipinski definition) is 1. The fraction of sp³-hybridized carbons (Fsp3) is 0.167. The molecule has 0 radical (unpaired) electrons. The van der Waals surface area contributed by atoms with E-state index in [1.807, 2.05) is 31.2 Å². The van der Waals surface area contributed by atoms with Gasteiger partial charge in [-0.05, 0) is 36.2 Å². The molecule has 0 amide bonds. The number of rotatable bonds is 2. The largest absolute Gasteiger partial charge is 0.447 e. The first kappa shape index (κ1) is 10.3. The Kier molecular flexibility index (Phi) is 2.80. The van der Waals surface area contributed by atoms with E-state index in [4.69, 9.17) is 16.0 Å². The third-order valence-electron chi connectivity index (χ3n) is 2.26. The molecule has 1 aromatic carbocycles. The molecule has 2 rings (SSSR count). The molecule has 0 aliphatic heterocycles. The second-order valence-corrected chi connectivity index (χ2v) is 3.83. The summed E-state index contributed by atoms with van der Waals surface area (Å²) in [4.78, 5) is 0. The number of hydrogen-bond acceptors (Lipinski definition) is 2. The Morgan fingerprint density at radius 3 is 2.33 bits per heavy atom. The fourth-order valence-corrected chi connectivity index (χ4v) is 1.54. The maximum atomic E-state index is 9.94. The van der Waals surface area contributed by atoms with Crippen molar-refractivity contribution in [2.75, 3.05) is 0 Å². The Morgan fingerprint density at radius 2 is 1.80 bits per heavy atom. The molecule has 1 heterocycles. The van der Waals surface area contributed by atoms with Gasteiger partial charge in [0.25, 0.3) is 0 Å². The average molecular weight is 223 g/mol. The summed E-state index contributed by atoms with van der Waals surface area (Å²) < 4.78 is 5.15. The molecule has 0 saturated carbocycles. The van der Waals surface area contributed by atoms with Gasteiger partial charge in [-0.3, -0.25) is 0 Å². The van der Waals surface area contributed by atoms with Crippen molar-refractivity contribution in [3.8, 4) is 0 Å². The summed E-state index contributed by atoms with van der Waals surface area (Å²) in [5, 5.41) is 10.2. The molecule has 0 aliphatic rings. The van der Waals surface area contributed by atoms with Gasteiger partial charge < -0.3 is 9.52 Å². The first-order valence-electron chi connectivity index (χ1n) is 4.66. The first-order valence-corrected chi connectivity index (χ1v) is 5.04. The molecule has 1 unspecified atom stereocenters. The molecule has 3 heteroatoms. The van der Waals surface area contributed by atoms with Crippen molar-refractivity contribution in [3.05, 3.63) is 58.5 Å². The van der Waals surface area contributed by atoms with Crippen molar-refractivity contribution in [2.24, 2.45) is 0 Å². The van der Waals surface area contributed by atoms with Crippen molar-refractivity contribution in [2.45, 2.75) is 13.0 Å². The van der Waals surface area contributed by atoms with Crippen molar-refractivity contribution in [1.29, 1.82) is 0 Å². The van der Waals surface area contributed by atoms with Gasteiger partial charge in [0.15, 0.2) is 5.22 Å². The Balaban J connectivity index is 2.28. The summed E-state index contributed by atoms with van der Waals surface area (Å²) in [6.07, 6.45) is -0.752. The predicted molar refractivity (Wildman–Crippen MR) is 59.0 cm³/mol. The Morgan fingerprint density at radius 1 is 1.13 bits per heavy atom. The van der Waals surface area contributed by atoms with Crippen LogP contribution in [0.15, 0.2) is 40.8 Å². The van der Waals surface area contributed by atoms with E-state index in [1.54, 1.807) is 12.1 Å². The molecular formula is C12H11ClO2. The second-order valence-electron chi connectivity index (χ2n) is 3.46. The van der Waals surface area contributed by atoms with E-state index in [2.05, 4.69) is 0 Å². The third kappa shape index (κ3) is 2.22. The van der Waals surface area contributed by atoms with Crippen LogP contribution in [0.5, 0.6) is 0 Å². The molecule has 2 aromatic rings. The standard InChI is InChI=1S/C12H11ClO2/c1-8-2-4-9(5-3-8)12(14)10-6-7-11(13)15-10/h2-7,12,14H,1H3. The average Bonchev–Trinajstić information content (AvgIpc) is 2.65. The number of halogens is 1. The van der Waals surface area contributed by atoms with E-state index in [9.17, 15) is 5.11 Å². The number of aryl methyl sites for hydroxylation is 1. The maximum Gasteiger partial charge on any atom is 0.193 e. The highest BCUT2D eigenvalue weighted by atomic mass is 35.5. The highest BCUT2D eigenvalue weighted by molar-refractivity contribution is 6.28. The molecule has 1 N–H and O–H groups in total. The van der Waals surface area contributed by atoms with E-state index in [1.165, 1.54) is 0 Å². The molecule has 0 spiro atoms. The summed E-state index contributed by atoms with van der Waals surface area (Å²) >= 11 is 5.64. The lowest BCUT2D eigenvalue weighted by Gasteiger charge is -2.07. The van der Waals surface area contributed by atoms with Gasteiger partial charge in [-0.2, -0.15) is 0 Å². The smallest absolute Gasteiger partial charge is 0.193 e. The highest BCUT2D eigenvalue weighted by Crippen LogP contribution is 2.25. The van der Waals surface area contributed by atoms with E-state index < -0.39 is 6.10 Å². The molecular weight excluding hydrogens is 212 g/mol. The zero-order valence-corrected chi connectivity index (χ0v) is 9.03. The molecule has 0 saturated heterocycles. The number of aliphatic hydroxyl groups is 1. The van der Waals surface area contributed by atoms with Crippen LogP contribution in [-0.4, -0.2) is 5.11 Å². The van der Waals surface area contributed by atoms with Crippen LogP contribution in [0.1, 0.15) is 23.0 Å². The second kappa shape index (κ2) is 4.09. The zero-order valence-electron chi connectivity index (χ0n) is 8.27. The van der Waals surface area contributed by atoms with Gasteiger partial charge in [0.05, 0.1) is 0 Å². The monoisotopic (exact) mass is 222 g/mol. The SMILES string of the molecule is Cc1ccc(C(O)c2ccc(Cl)o2)cc1. The molecule has 2 nitrogen and oxygen atoms in total. The molecule has 0 aliphatic carbocycles. The minimum Gasteiger partial charge on any atom is -0.447 e. The van der Waals surface area contributed by atoms with E-state index >= 15 is 0 Å². The van der Waals surface area contributed by atoms with E-state index in [0.717, 1.165) is 11.1 Å². The van der Waals surface area contributed by atoms with Gasteiger partial charge in [-0.15, -0.1) is 0 Å². The normalized spacial score (nSPS) is 12.7. The van der Waals surface area contributed by atoms with Crippen LogP contribution < -0.4 is 0 Å². The number of furan rings is 1. The van der Waals surface area contributed by atoms with Gasteiger partial charge in [0, 0.05) is 0 Å². The maximum absolute atomic E-state index is 9.94. The van der Waals surface area contributed by atoms with Crippen LogP contribution in [-0.2, 0) is 0 Å². The molecule has 0 fully saturated rings. The molecule has 78 valence electrons. The van der Waals surface area contributed by atoms with Crippen LogP contribution in [0.25, 0.3) is 0 Å². The van der Waals surface area contributed by atoms with Crippen molar-refractivity contribution in [1.82, 2.24) is 0 Å². The summed E-state index contributed by atoms with van der Waals surface area (Å²) in [6.45, 7) is 2.00.